The minimum atomic E-state index is -0.760. The van der Waals surface area contributed by atoms with Gasteiger partial charge in [-0.3, -0.25) is 4.79 Å². The van der Waals surface area contributed by atoms with Crippen LogP contribution in [0.25, 0.3) is 0 Å². The fourth-order valence-corrected chi connectivity index (χ4v) is 3.01. The maximum Gasteiger partial charge on any atom is 0.308 e. The van der Waals surface area contributed by atoms with E-state index in [1.54, 1.807) is 0 Å². The monoisotopic (exact) mass is 277 g/mol. The van der Waals surface area contributed by atoms with Crippen molar-refractivity contribution in [3.63, 3.8) is 0 Å². The van der Waals surface area contributed by atoms with E-state index in [2.05, 4.69) is 5.32 Å². The van der Waals surface area contributed by atoms with Gasteiger partial charge in [0.05, 0.1) is 19.1 Å². The minimum Gasteiger partial charge on any atom is -0.490 e. The second kappa shape index (κ2) is 4.98. The van der Waals surface area contributed by atoms with Crippen LogP contribution in [-0.2, 0) is 10.2 Å². The molecule has 0 bridgehead atoms. The summed E-state index contributed by atoms with van der Waals surface area (Å²) in [5.41, 5.74) is 0.565. The first kappa shape index (κ1) is 13.2. The third kappa shape index (κ3) is 2.12. The largest absolute Gasteiger partial charge is 0.490 e. The van der Waals surface area contributed by atoms with Gasteiger partial charge in [0.15, 0.2) is 11.5 Å². The van der Waals surface area contributed by atoms with Crippen molar-refractivity contribution in [1.82, 2.24) is 5.32 Å². The number of aliphatic carboxylic acids is 1. The SMILES string of the molecule is CC1(c2ccc3c(c2)OCCCO3)CNCC1C(=O)O. The maximum absolute atomic E-state index is 11.4. The van der Waals surface area contributed by atoms with Crippen LogP contribution in [0.2, 0.25) is 0 Å². The molecule has 0 saturated carbocycles. The number of rotatable bonds is 2. The molecule has 2 heterocycles. The molecular weight excluding hydrogens is 258 g/mol. The van der Waals surface area contributed by atoms with Crippen LogP contribution in [-0.4, -0.2) is 37.4 Å². The zero-order chi connectivity index (χ0) is 14.2. The molecule has 0 aromatic heterocycles. The van der Waals surface area contributed by atoms with Crippen LogP contribution in [0.1, 0.15) is 18.9 Å². The van der Waals surface area contributed by atoms with Gasteiger partial charge in [-0.05, 0) is 17.7 Å². The molecule has 1 aromatic rings. The number of fused-ring (bicyclic) bond motifs is 1. The van der Waals surface area contributed by atoms with Gasteiger partial charge in [-0.2, -0.15) is 0 Å². The number of carboxylic acids is 1. The van der Waals surface area contributed by atoms with Crippen molar-refractivity contribution in [2.75, 3.05) is 26.3 Å². The summed E-state index contributed by atoms with van der Waals surface area (Å²) in [7, 11) is 0. The molecule has 5 nitrogen and oxygen atoms in total. The zero-order valence-electron chi connectivity index (χ0n) is 11.5. The lowest BCUT2D eigenvalue weighted by Gasteiger charge is -2.29. The molecular formula is C15H19NO4. The zero-order valence-corrected chi connectivity index (χ0v) is 11.5. The van der Waals surface area contributed by atoms with E-state index in [0.29, 0.717) is 26.3 Å². The first-order chi connectivity index (χ1) is 9.61. The van der Waals surface area contributed by atoms with E-state index in [-0.39, 0.29) is 0 Å². The van der Waals surface area contributed by atoms with E-state index in [0.717, 1.165) is 23.5 Å². The van der Waals surface area contributed by atoms with Crippen molar-refractivity contribution in [2.45, 2.75) is 18.8 Å². The van der Waals surface area contributed by atoms with Gasteiger partial charge in [-0.1, -0.05) is 13.0 Å². The molecule has 3 rings (SSSR count). The summed E-state index contributed by atoms with van der Waals surface area (Å²) in [6, 6.07) is 5.78. The van der Waals surface area contributed by atoms with Crippen LogP contribution in [0.3, 0.4) is 0 Å². The van der Waals surface area contributed by atoms with Gasteiger partial charge in [-0.25, -0.2) is 0 Å². The Bertz CT molecular complexity index is 531. The molecule has 0 aliphatic carbocycles. The highest BCUT2D eigenvalue weighted by molar-refractivity contribution is 5.73. The molecule has 1 aromatic carbocycles. The normalized spacial score (nSPS) is 28.9. The van der Waals surface area contributed by atoms with Crippen molar-refractivity contribution >= 4 is 5.97 Å². The Kier molecular flexibility index (Phi) is 3.30. The Hall–Kier alpha value is -1.75. The second-order valence-corrected chi connectivity index (χ2v) is 5.65. The van der Waals surface area contributed by atoms with Crippen molar-refractivity contribution in [3.8, 4) is 11.5 Å². The highest BCUT2D eigenvalue weighted by Crippen LogP contribution is 2.40. The lowest BCUT2D eigenvalue weighted by atomic mass is 9.74. The summed E-state index contributed by atoms with van der Waals surface area (Å²) in [4.78, 5) is 11.4. The topological polar surface area (TPSA) is 67.8 Å². The molecule has 2 atom stereocenters. The fourth-order valence-electron chi connectivity index (χ4n) is 3.01. The van der Waals surface area contributed by atoms with Gasteiger partial charge >= 0.3 is 5.97 Å². The van der Waals surface area contributed by atoms with Crippen LogP contribution in [0.4, 0.5) is 0 Å². The smallest absolute Gasteiger partial charge is 0.308 e. The number of carbonyl (C=O) groups is 1. The number of carboxylic acid groups (broad SMARTS) is 1. The van der Waals surface area contributed by atoms with Crippen LogP contribution >= 0.6 is 0 Å². The Morgan fingerprint density at radius 1 is 1.35 bits per heavy atom. The maximum atomic E-state index is 11.4. The van der Waals surface area contributed by atoms with Gasteiger partial charge in [0.25, 0.3) is 0 Å². The van der Waals surface area contributed by atoms with Gasteiger partial charge in [0.2, 0.25) is 0 Å². The van der Waals surface area contributed by atoms with Gasteiger partial charge < -0.3 is 19.9 Å². The predicted molar refractivity (Wildman–Crippen MR) is 73.4 cm³/mol. The van der Waals surface area contributed by atoms with Crippen molar-refractivity contribution in [1.29, 1.82) is 0 Å². The number of benzene rings is 1. The summed E-state index contributed by atoms with van der Waals surface area (Å²) >= 11 is 0. The summed E-state index contributed by atoms with van der Waals surface area (Å²) in [6.45, 7) is 4.44. The van der Waals surface area contributed by atoms with E-state index in [1.165, 1.54) is 0 Å². The standard InChI is InChI=1S/C15H19NO4/c1-15(9-16-8-11(15)14(17)18)10-3-4-12-13(7-10)20-6-2-5-19-12/h3-4,7,11,16H,2,5-6,8-9H2,1H3,(H,17,18). The molecule has 0 spiro atoms. The molecule has 2 unspecified atom stereocenters. The molecule has 2 aliphatic heterocycles. The van der Waals surface area contributed by atoms with Crippen molar-refractivity contribution in [3.05, 3.63) is 23.8 Å². The molecule has 2 aliphatic rings. The van der Waals surface area contributed by atoms with Crippen LogP contribution in [0.15, 0.2) is 18.2 Å². The van der Waals surface area contributed by atoms with Crippen LogP contribution < -0.4 is 14.8 Å². The number of hydrogen-bond donors (Lipinski definition) is 2. The second-order valence-electron chi connectivity index (χ2n) is 5.65. The summed E-state index contributed by atoms with van der Waals surface area (Å²) in [6.07, 6.45) is 0.862. The molecule has 20 heavy (non-hydrogen) atoms. The third-order valence-electron chi connectivity index (χ3n) is 4.31. The van der Waals surface area contributed by atoms with E-state index in [1.807, 2.05) is 25.1 Å². The molecule has 108 valence electrons. The van der Waals surface area contributed by atoms with Crippen molar-refractivity contribution < 1.29 is 19.4 Å². The number of ether oxygens (including phenoxy) is 2. The number of nitrogens with one attached hydrogen (secondary N) is 1. The summed E-state index contributed by atoms with van der Waals surface area (Å²) < 4.78 is 11.3. The third-order valence-corrected chi connectivity index (χ3v) is 4.31. The Morgan fingerprint density at radius 2 is 2.10 bits per heavy atom. The molecule has 0 radical (unpaired) electrons. The lowest BCUT2D eigenvalue weighted by molar-refractivity contribution is -0.142. The summed E-state index contributed by atoms with van der Waals surface area (Å²) in [5.74, 6) is 0.279. The Labute approximate surface area is 117 Å². The molecule has 2 N–H and O–H groups in total. The fraction of sp³-hybridized carbons (Fsp3) is 0.533. The first-order valence-electron chi connectivity index (χ1n) is 6.95. The van der Waals surface area contributed by atoms with Gasteiger partial charge in [0.1, 0.15) is 0 Å². The molecule has 5 heteroatoms. The molecule has 1 saturated heterocycles. The quantitative estimate of drug-likeness (QED) is 0.855. The Morgan fingerprint density at radius 3 is 2.85 bits per heavy atom. The van der Waals surface area contributed by atoms with Crippen LogP contribution in [0.5, 0.6) is 11.5 Å². The summed E-state index contributed by atoms with van der Waals surface area (Å²) in [5, 5.41) is 12.6. The average Bonchev–Trinajstić information content (AvgIpc) is 2.69. The number of hydrogen-bond acceptors (Lipinski definition) is 4. The van der Waals surface area contributed by atoms with E-state index < -0.39 is 17.3 Å². The Balaban J connectivity index is 1.97. The molecule has 0 amide bonds. The first-order valence-corrected chi connectivity index (χ1v) is 6.95. The minimum absolute atomic E-state index is 0.420. The average molecular weight is 277 g/mol. The van der Waals surface area contributed by atoms with Crippen LogP contribution in [0, 0.1) is 5.92 Å². The molecule has 1 fully saturated rings. The van der Waals surface area contributed by atoms with E-state index in [4.69, 9.17) is 9.47 Å². The highest BCUT2D eigenvalue weighted by atomic mass is 16.5. The van der Waals surface area contributed by atoms with E-state index in [9.17, 15) is 9.90 Å². The predicted octanol–water partition coefficient (Wildman–Crippen LogP) is 1.41. The van der Waals surface area contributed by atoms with Gasteiger partial charge in [-0.15, -0.1) is 0 Å². The highest BCUT2D eigenvalue weighted by Gasteiger charge is 2.44. The van der Waals surface area contributed by atoms with E-state index >= 15 is 0 Å². The lowest BCUT2D eigenvalue weighted by Crippen LogP contribution is -2.36. The van der Waals surface area contributed by atoms with Crippen molar-refractivity contribution in [2.24, 2.45) is 5.92 Å². The van der Waals surface area contributed by atoms with Gasteiger partial charge in [0, 0.05) is 24.9 Å².